The zero-order chi connectivity index (χ0) is 16.3. The number of rotatable bonds is 3. The van der Waals surface area contributed by atoms with Crippen molar-refractivity contribution >= 4 is 11.8 Å². The Labute approximate surface area is 129 Å². The van der Waals surface area contributed by atoms with Gasteiger partial charge < -0.3 is 15.0 Å². The Morgan fingerprint density at radius 1 is 1.32 bits per heavy atom. The van der Waals surface area contributed by atoms with Crippen molar-refractivity contribution in [2.24, 2.45) is 0 Å². The van der Waals surface area contributed by atoms with Crippen LogP contribution >= 0.6 is 0 Å². The Kier molecular flexibility index (Phi) is 4.88. The van der Waals surface area contributed by atoms with Crippen molar-refractivity contribution in [3.63, 3.8) is 0 Å². The van der Waals surface area contributed by atoms with Crippen LogP contribution in [0.4, 0.5) is 19.3 Å². The standard InChI is InChI=1S/C16H22F2N2O2/c1-16(2,3)22-15(21)20-6-4-5-14(20)10-19-13-8-11(17)7-12(18)9-13/h7-9,14,19H,4-6,10H2,1-3H3. The lowest BCUT2D eigenvalue weighted by molar-refractivity contribution is 0.0235. The van der Waals surface area contributed by atoms with E-state index in [9.17, 15) is 13.6 Å². The molecule has 6 heteroatoms. The first-order valence-corrected chi connectivity index (χ1v) is 7.44. The average molecular weight is 312 g/mol. The van der Waals surface area contributed by atoms with Crippen LogP contribution in [0.25, 0.3) is 0 Å². The molecule has 1 aromatic carbocycles. The van der Waals surface area contributed by atoms with E-state index in [0.717, 1.165) is 18.9 Å². The number of anilines is 1. The molecule has 1 fully saturated rings. The van der Waals surface area contributed by atoms with Crippen LogP contribution in [0.1, 0.15) is 33.6 Å². The predicted octanol–water partition coefficient (Wildman–Crippen LogP) is 3.78. The second-order valence-electron chi connectivity index (χ2n) is 6.51. The number of ether oxygens (including phenoxy) is 1. The van der Waals surface area contributed by atoms with E-state index in [2.05, 4.69) is 5.32 Å². The van der Waals surface area contributed by atoms with E-state index in [4.69, 9.17) is 4.74 Å². The van der Waals surface area contributed by atoms with Crippen LogP contribution in [0, 0.1) is 11.6 Å². The molecule has 1 N–H and O–H groups in total. The molecule has 1 atom stereocenters. The molecule has 0 radical (unpaired) electrons. The van der Waals surface area contributed by atoms with Gasteiger partial charge in [0.25, 0.3) is 0 Å². The number of benzene rings is 1. The molecule has 1 amide bonds. The number of amides is 1. The van der Waals surface area contributed by atoms with E-state index >= 15 is 0 Å². The summed E-state index contributed by atoms with van der Waals surface area (Å²) in [6.45, 7) is 6.54. The lowest BCUT2D eigenvalue weighted by Crippen LogP contribution is -2.42. The van der Waals surface area contributed by atoms with Crippen LogP contribution in [0.15, 0.2) is 18.2 Å². The van der Waals surface area contributed by atoms with Crippen LogP contribution < -0.4 is 5.32 Å². The number of halogens is 2. The number of likely N-dealkylation sites (tertiary alicyclic amines) is 1. The molecule has 0 spiro atoms. The lowest BCUT2D eigenvalue weighted by atomic mass is 10.2. The smallest absolute Gasteiger partial charge is 0.410 e. The summed E-state index contributed by atoms with van der Waals surface area (Å²) in [5, 5.41) is 2.99. The van der Waals surface area contributed by atoms with Crippen molar-refractivity contribution in [2.45, 2.75) is 45.3 Å². The minimum Gasteiger partial charge on any atom is -0.444 e. The highest BCUT2D eigenvalue weighted by Gasteiger charge is 2.31. The second kappa shape index (κ2) is 6.50. The van der Waals surface area contributed by atoms with Gasteiger partial charge in [0.05, 0.1) is 6.04 Å². The van der Waals surface area contributed by atoms with Gasteiger partial charge in [0.1, 0.15) is 17.2 Å². The zero-order valence-electron chi connectivity index (χ0n) is 13.2. The molecule has 122 valence electrons. The fourth-order valence-electron chi connectivity index (χ4n) is 2.50. The van der Waals surface area contributed by atoms with Crippen LogP contribution in [0.2, 0.25) is 0 Å². The van der Waals surface area contributed by atoms with E-state index in [1.807, 2.05) is 20.8 Å². The SMILES string of the molecule is CC(C)(C)OC(=O)N1CCCC1CNc1cc(F)cc(F)c1. The summed E-state index contributed by atoms with van der Waals surface area (Å²) < 4.78 is 31.7. The molecule has 4 nitrogen and oxygen atoms in total. The number of hydrogen-bond acceptors (Lipinski definition) is 3. The van der Waals surface area contributed by atoms with Crippen molar-refractivity contribution in [3.05, 3.63) is 29.8 Å². The van der Waals surface area contributed by atoms with Gasteiger partial charge in [0, 0.05) is 24.8 Å². The highest BCUT2D eigenvalue weighted by atomic mass is 19.1. The van der Waals surface area contributed by atoms with Gasteiger partial charge >= 0.3 is 6.09 Å². The first-order chi connectivity index (χ1) is 10.2. The summed E-state index contributed by atoms with van der Waals surface area (Å²) in [5.74, 6) is -1.25. The summed E-state index contributed by atoms with van der Waals surface area (Å²) in [5.41, 5.74) is -0.169. The van der Waals surface area contributed by atoms with Crippen molar-refractivity contribution in [2.75, 3.05) is 18.4 Å². The monoisotopic (exact) mass is 312 g/mol. The van der Waals surface area contributed by atoms with Gasteiger partial charge in [-0.05, 0) is 45.7 Å². The van der Waals surface area contributed by atoms with Gasteiger partial charge in [-0.25, -0.2) is 13.6 Å². The van der Waals surface area contributed by atoms with Gasteiger partial charge in [-0.3, -0.25) is 0 Å². The summed E-state index contributed by atoms with van der Waals surface area (Å²) in [6, 6.07) is 3.25. The van der Waals surface area contributed by atoms with Gasteiger partial charge in [-0.2, -0.15) is 0 Å². The molecule has 0 bridgehead atoms. The van der Waals surface area contributed by atoms with Gasteiger partial charge in [0.15, 0.2) is 0 Å². The molecule has 1 aliphatic heterocycles. The van der Waals surface area contributed by atoms with Crippen molar-refractivity contribution < 1.29 is 18.3 Å². The number of nitrogens with zero attached hydrogens (tertiary/aromatic N) is 1. The minimum absolute atomic E-state index is 0.0406. The molecule has 0 aliphatic carbocycles. The normalized spacial score (nSPS) is 18.4. The molecular weight excluding hydrogens is 290 g/mol. The molecular formula is C16H22F2N2O2. The Morgan fingerprint density at radius 2 is 1.95 bits per heavy atom. The van der Waals surface area contributed by atoms with E-state index in [-0.39, 0.29) is 12.1 Å². The summed E-state index contributed by atoms with van der Waals surface area (Å²) in [7, 11) is 0. The Bertz CT molecular complexity index is 523. The number of hydrogen-bond donors (Lipinski definition) is 1. The average Bonchev–Trinajstić information content (AvgIpc) is 2.81. The molecule has 2 rings (SSSR count). The highest BCUT2D eigenvalue weighted by Crippen LogP contribution is 2.22. The molecule has 22 heavy (non-hydrogen) atoms. The van der Waals surface area contributed by atoms with Crippen molar-refractivity contribution in [1.82, 2.24) is 4.90 Å². The quantitative estimate of drug-likeness (QED) is 0.923. The van der Waals surface area contributed by atoms with Gasteiger partial charge in [0.2, 0.25) is 0 Å². The van der Waals surface area contributed by atoms with Crippen LogP contribution in [0.5, 0.6) is 0 Å². The van der Waals surface area contributed by atoms with E-state index in [1.165, 1.54) is 12.1 Å². The van der Waals surface area contributed by atoms with E-state index < -0.39 is 17.2 Å². The third kappa shape index (κ3) is 4.58. The van der Waals surface area contributed by atoms with Crippen LogP contribution in [-0.2, 0) is 4.74 Å². The molecule has 1 heterocycles. The highest BCUT2D eigenvalue weighted by molar-refractivity contribution is 5.69. The number of nitrogens with one attached hydrogen (secondary N) is 1. The van der Waals surface area contributed by atoms with Gasteiger partial charge in [-0.1, -0.05) is 0 Å². The van der Waals surface area contributed by atoms with Crippen LogP contribution in [-0.4, -0.2) is 35.7 Å². The molecule has 0 aromatic heterocycles. The summed E-state index contributed by atoms with van der Waals surface area (Å²) in [6.07, 6.45) is 1.38. The molecule has 1 aliphatic rings. The lowest BCUT2D eigenvalue weighted by Gasteiger charge is -2.29. The fourth-order valence-corrected chi connectivity index (χ4v) is 2.50. The van der Waals surface area contributed by atoms with Crippen LogP contribution in [0.3, 0.4) is 0 Å². The Balaban J connectivity index is 1.95. The third-order valence-electron chi connectivity index (χ3n) is 3.41. The summed E-state index contributed by atoms with van der Waals surface area (Å²) >= 11 is 0. The maximum atomic E-state index is 13.2. The Morgan fingerprint density at radius 3 is 2.55 bits per heavy atom. The molecule has 1 aromatic rings. The van der Waals surface area contributed by atoms with E-state index in [0.29, 0.717) is 18.8 Å². The fraction of sp³-hybridized carbons (Fsp3) is 0.562. The molecule has 0 saturated carbocycles. The number of carbonyl (C=O) groups is 1. The predicted molar refractivity (Wildman–Crippen MR) is 80.8 cm³/mol. The van der Waals surface area contributed by atoms with Gasteiger partial charge in [-0.15, -0.1) is 0 Å². The summed E-state index contributed by atoms with van der Waals surface area (Å²) in [4.78, 5) is 13.8. The van der Waals surface area contributed by atoms with E-state index in [1.54, 1.807) is 4.90 Å². The van der Waals surface area contributed by atoms with Crippen molar-refractivity contribution in [1.29, 1.82) is 0 Å². The topological polar surface area (TPSA) is 41.6 Å². The first kappa shape index (κ1) is 16.5. The minimum atomic E-state index is -0.627. The third-order valence-corrected chi connectivity index (χ3v) is 3.41. The largest absolute Gasteiger partial charge is 0.444 e. The molecule has 1 unspecified atom stereocenters. The maximum Gasteiger partial charge on any atom is 0.410 e. The Hall–Kier alpha value is -1.85. The first-order valence-electron chi connectivity index (χ1n) is 7.44. The second-order valence-corrected chi connectivity index (χ2v) is 6.51. The zero-order valence-corrected chi connectivity index (χ0v) is 13.2. The maximum absolute atomic E-state index is 13.2. The molecule has 1 saturated heterocycles. The van der Waals surface area contributed by atoms with Crippen molar-refractivity contribution in [3.8, 4) is 0 Å². The number of carbonyl (C=O) groups excluding carboxylic acids is 1.